The number of fused-ring (bicyclic) bond motifs is 2. The standard InChI is InChI=1S/C23H15N3O2/c27-22(19-11-4-7-15-6-1-2-10-18(15)19)25-17-9-3-8-16(14-17)23-26-21-20(28-23)12-5-13-24-21/h1-14H,(H,25,27). The van der Waals surface area contributed by atoms with E-state index in [4.69, 9.17) is 4.42 Å². The van der Waals surface area contributed by atoms with Gasteiger partial charge in [0.2, 0.25) is 5.89 Å². The fourth-order valence-electron chi connectivity index (χ4n) is 3.24. The van der Waals surface area contributed by atoms with E-state index in [1.165, 1.54) is 0 Å². The minimum absolute atomic E-state index is 0.159. The minimum Gasteiger partial charge on any atom is -0.434 e. The Kier molecular flexibility index (Phi) is 3.84. The van der Waals surface area contributed by atoms with E-state index in [9.17, 15) is 4.79 Å². The molecule has 3 aromatic carbocycles. The van der Waals surface area contributed by atoms with E-state index in [0.29, 0.717) is 28.4 Å². The predicted octanol–water partition coefficient (Wildman–Crippen LogP) is 5.30. The Balaban J connectivity index is 1.47. The number of nitrogens with one attached hydrogen (secondary N) is 1. The number of amides is 1. The van der Waals surface area contributed by atoms with Crippen LogP contribution in [0.5, 0.6) is 0 Å². The number of pyridine rings is 1. The Labute approximate surface area is 160 Å². The number of carbonyl (C=O) groups is 1. The van der Waals surface area contributed by atoms with E-state index in [2.05, 4.69) is 15.3 Å². The highest BCUT2D eigenvalue weighted by molar-refractivity contribution is 6.13. The number of carbonyl (C=O) groups excluding carboxylic acids is 1. The van der Waals surface area contributed by atoms with E-state index in [-0.39, 0.29) is 5.91 Å². The second-order valence-corrected chi connectivity index (χ2v) is 6.41. The fourth-order valence-corrected chi connectivity index (χ4v) is 3.24. The molecule has 0 radical (unpaired) electrons. The zero-order valence-corrected chi connectivity index (χ0v) is 14.8. The van der Waals surface area contributed by atoms with Gasteiger partial charge in [0, 0.05) is 23.0 Å². The molecule has 0 aliphatic rings. The van der Waals surface area contributed by atoms with Crippen molar-refractivity contribution in [2.45, 2.75) is 0 Å². The maximum atomic E-state index is 12.9. The van der Waals surface area contributed by atoms with E-state index in [1.807, 2.05) is 72.8 Å². The largest absolute Gasteiger partial charge is 0.434 e. The van der Waals surface area contributed by atoms with Crippen molar-refractivity contribution in [2.75, 3.05) is 5.32 Å². The lowest BCUT2D eigenvalue weighted by Crippen LogP contribution is -2.12. The summed E-state index contributed by atoms with van der Waals surface area (Å²) in [6.07, 6.45) is 1.68. The first-order valence-electron chi connectivity index (χ1n) is 8.89. The third-order valence-electron chi connectivity index (χ3n) is 4.57. The second-order valence-electron chi connectivity index (χ2n) is 6.41. The molecule has 0 atom stereocenters. The summed E-state index contributed by atoms with van der Waals surface area (Å²) in [6, 6.07) is 24.6. The van der Waals surface area contributed by atoms with Gasteiger partial charge in [0.15, 0.2) is 11.2 Å². The van der Waals surface area contributed by atoms with Crippen LogP contribution in [0.1, 0.15) is 10.4 Å². The molecule has 5 aromatic rings. The average Bonchev–Trinajstić information content (AvgIpc) is 3.18. The summed E-state index contributed by atoms with van der Waals surface area (Å²) in [5.41, 5.74) is 3.26. The molecule has 0 saturated heterocycles. The number of anilines is 1. The van der Waals surface area contributed by atoms with Crippen molar-refractivity contribution in [1.82, 2.24) is 9.97 Å². The summed E-state index contributed by atoms with van der Waals surface area (Å²) in [5, 5.41) is 4.92. The third kappa shape index (κ3) is 2.89. The molecule has 0 spiro atoms. The number of nitrogens with zero attached hydrogens (tertiary/aromatic N) is 2. The normalized spacial score (nSPS) is 11.0. The van der Waals surface area contributed by atoms with Crippen LogP contribution in [-0.4, -0.2) is 15.9 Å². The summed E-state index contributed by atoms with van der Waals surface area (Å²) < 4.78 is 5.77. The Morgan fingerprint density at radius 2 is 1.75 bits per heavy atom. The van der Waals surface area contributed by atoms with E-state index >= 15 is 0 Å². The number of hydrogen-bond donors (Lipinski definition) is 1. The first kappa shape index (κ1) is 16.2. The summed E-state index contributed by atoms with van der Waals surface area (Å²) in [7, 11) is 0. The van der Waals surface area contributed by atoms with Gasteiger partial charge in [-0.2, -0.15) is 4.98 Å². The highest BCUT2D eigenvalue weighted by Crippen LogP contribution is 2.26. The molecule has 0 aliphatic heterocycles. The van der Waals surface area contributed by atoms with Crippen LogP contribution in [0.2, 0.25) is 0 Å². The van der Waals surface area contributed by atoms with Gasteiger partial charge in [-0.05, 0) is 47.2 Å². The highest BCUT2D eigenvalue weighted by atomic mass is 16.3. The van der Waals surface area contributed by atoms with E-state index in [0.717, 1.165) is 16.3 Å². The van der Waals surface area contributed by atoms with Crippen LogP contribution in [0, 0.1) is 0 Å². The van der Waals surface area contributed by atoms with Gasteiger partial charge >= 0.3 is 0 Å². The van der Waals surface area contributed by atoms with Crippen molar-refractivity contribution in [3.63, 3.8) is 0 Å². The quantitative estimate of drug-likeness (QED) is 0.471. The Morgan fingerprint density at radius 1 is 0.893 bits per heavy atom. The Hall–Kier alpha value is -3.99. The minimum atomic E-state index is -0.159. The highest BCUT2D eigenvalue weighted by Gasteiger charge is 2.12. The SMILES string of the molecule is O=C(Nc1cccc(-c2nc3ncccc3o2)c1)c1cccc2ccccc12. The summed E-state index contributed by atoms with van der Waals surface area (Å²) in [4.78, 5) is 21.5. The summed E-state index contributed by atoms with van der Waals surface area (Å²) in [5.74, 6) is 0.308. The van der Waals surface area contributed by atoms with Crippen molar-refractivity contribution < 1.29 is 9.21 Å². The molecule has 0 saturated carbocycles. The van der Waals surface area contributed by atoms with Crippen LogP contribution >= 0.6 is 0 Å². The molecule has 2 heterocycles. The molecule has 0 unspecified atom stereocenters. The van der Waals surface area contributed by atoms with Crippen LogP contribution in [0.25, 0.3) is 33.5 Å². The lowest BCUT2D eigenvalue weighted by Gasteiger charge is -2.09. The molecular formula is C23H15N3O2. The molecule has 28 heavy (non-hydrogen) atoms. The molecule has 1 amide bonds. The van der Waals surface area contributed by atoms with Crippen molar-refractivity contribution in [1.29, 1.82) is 0 Å². The Morgan fingerprint density at radius 3 is 2.68 bits per heavy atom. The smallest absolute Gasteiger partial charge is 0.256 e. The van der Waals surface area contributed by atoms with Gasteiger partial charge in [-0.3, -0.25) is 4.79 Å². The van der Waals surface area contributed by atoms with Gasteiger partial charge in [-0.25, -0.2) is 4.98 Å². The first-order valence-corrected chi connectivity index (χ1v) is 8.89. The second kappa shape index (κ2) is 6.63. The molecule has 0 fully saturated rings. The van der Waals surface area contributed by atoms with E-state index in [1.54, 1.807) is 12.3 Å². The topological polar surface area (TPSA) is 68.0 Å². The van der Waals surface area contributed by atoms with Gasteiger partial charge < -0.3 is 9.73 Å². The molecule has 5 rings (SSSR count). The Bertz CT molecular complexity index is 1290. The average molecular weight is 365 g/mol. The zero-order chi connectivity index (χ0) is 18.9. The number of benzene rings is 3. The molecule has 2 aromatic heterocycles. The molecule has 0 aliphatic carbocycles. The van der Waals surface area contributed by atoms with E-state index < -0.39 is 0 Å². The molecule has 0 bridgehead atoms. The van der Waals surface area contributed by atoms with Gasteiger partial charge in [-0.15, -0.1) is 0 Å². The van der Waals surface area contributed by atoms with Crippen molar-refractivity contribution in [2.24, 2.45) is 0 Å². The predicted molar refractivity (Wildman–Crippen MR) is 109 cm³/mol. The summed E-state index contributed by atoms with van der Waals surface area (Å²) >= 11 is 0. The number of rotatable bonds is 3. The van der Waals surface area contributed by atoms with Crippen LogP contribution in [0.4, 0.5) is 5.69 Å². The first-order chi connectivity index (χ1) is 13.8. The monoisotopic (exact) mass is 365 g/mol. The molecular weight excluding hydrogens is 350 g/mol. The number of hydrogen-bond acceptors (Lipinski definition) is 4. The maximum absolute atomic E-state index is 12.9. The number of oxazole rings is 1. The lowest BCUT2D eigenvalue weighted by molar-refractivity contribution is 0.102. The maximum Gasteiger partial charge on any atom is 0.256 e. The molecule has 5 heteroatoms. The molecule has 5 nitrogen and oxygen atoms in total. The van der Waals surface area contributed by atoms with Crippen molar-refractivity contribution in [3.05, 3.63) is 90.6 Å². The van der Waals surface area contributed by atoms with Crippen LogP contribution in [0.15, 0.2) is 89.5 Å². The van der Waals surface area contributed by atoms with Gasteiger partial charge in [0.25, 0.3) is 5.91 Å². The van der Waals surface area contributed by atoms with Gasteiger partial charge in [0.05, 0.1) is 0 Å². The summed E-state index contributed by atoms with van der Waals surface area (Å²) in [6.45, 7) is 0. The lowest BCUT2D eigenvalue weighted by atomic mass is 10.0. The van der Waals surface area contributed by atoms with Crippen LogP contribution < -0.4 is 5.32 Å². The number of aromatic nitrogens is 2. The third-order valence-corrected chi connectivity index (χ3v) is 4.57. The fraction of sp³-hybridized carbons (Fsp3) is 0. The van der Waals surface area contributed by atoms with Crippen LogP contribution in [-0.2, 0) is 0 Å². The van der Waals surface area contributed by atoms with Gasteiger partial charge in [0.1, 0.15) is 0 Å². The molecule has 134 valence electrons. The van der Waals surface area contributed by atoms with Crippen molar-refractivity contribution >= 4 is 33.6 Å². The zero-order valence-electron chi connectivity index (χ0n) is 14.8. The van der Waals surface area contributed by atoms with Gasteiger partial charge in [-0.1, -0.05) is 42.5 Å². The molecule has 1 N–H and O–H groups in total. The van der Waals surface area contributed by atoms with Crippen molar-refractivity contribution in [3.8, 4) is 11.5 Å². The van der Waals surface area contributed by atoms with Crippen LogP contribution in [0.3, 0.4) is 0 Å².